The molecule has 0 bridgehead atoms. The molecule has 0 saturated carbocycles. The highest BCUT2D eigenvalue weighted by Crippen LogP contribution is 2.36. The molecule has 0 aromatic carbocycles. The minimum atomic E-state index is -4.43. The van der Waals surface area contributed by atoms with Gasteiger partial charge in [0.25, 0.3) is 0 Å². The molecule has 30 heavy (non-hydrogen) atoms. The van der Waals surface area contributed by atoms with E-state index in [0.717, 1.165) is 5.75 Å². The summed E-state index contributed by atoms with van der Waals surface area (Å²) in [6.45, 7) is 6.05. The molecule has 7 heteroatoms. The van der Waals surface area contributed by atoms with Gasteiger partial charge in [-0.2, -0.15) is 11.8 Å². The molecule has 5 nitrogen and oxygen atoms in total. The van der Waals surface area contributed by atoms with E-state index in [1.807, 2.05) is 13.8 Å². The number of hydrogen-bond acceptors (Lipinski definition) is 4. The van der Waals surface area contributed by atoms with Crippen LogP contribution >= 0.6 is 19.6 Å². The summed E-state index contributed by atoms with van der Waals surface area (Å²) < 4.78 is 21.2. The van der Waals surface area contributed by atoms with E-state index in [-0.39, 0.29) is 18.8 Å². The number of hydrogen-bond donors (Lipinski definition) is 2. The van der Waals surface area contributed by atoms with Crippen LogP contribution in [0.5, 0.6) is 0 Å². The summed E-state index contributed by atoms with van der Waals surface area (Å²) in [6, 6.07) is 0. The van der Waals surface area contributed by atoms with Gasteiger partial charge >= 0.3 is 7.82 Å². The maximum Gasteiger partial charge on any atom is 0.469 e. The largest absolute Gasteiger partial charge is 0.469 e. The van der Waals surface area contributed by atoms with Crippen LogP contribution < -0.4 is 0 Å². The minimum absolute atomic E-state index is 0.0155. The van der Waals surface area contributed by atoms with Crippen molar-refractivity contribution in [2.24, 2.45) is 0 Å². The average molecular weight is 469 g/mol. The lowest BCUT2D eigenvalue weighted by molar-refractivity contribution is -0.00948. The second kappa shape index (κ2) is 21.3. The first-order chi connectivity index (χ1) is 14.3. The van der Waals surface area contributed by atoms with Gasteiger partial charge in [0, 0.05) is 5.75 Å². The van der Waals surface area contributed by atoms with Crippen molar-refractivity contribution in [1.29, 1.82) is 0 Å². The number of ether oxygens (including phenoxy) is 1. The first kappa shape index (κ1) is 30.4. The molecule has 2 N–H and O–H groups in total. The molecule has 0 aliphatic carbocycles. The summed E-state index contributed by atoms with van der Waals surface area (Å²) >= 11 is 1.78. The van der Waals surface area contributed by atoms with Gasteiger partial charge < -0.3 is 14.5 Å². The summed E-state index contributed by atoms with van der Waals surface area (Å²) in [5.41, 5.74) is 0. The van der Waals surface area contributed by atoms with Crippen LogP contribution in [-0.4, -0.2) is 40.1 Å². The zero-order chi connectivity index (χ0) is 22.5. The van der Waals surface area contributed by atoms with E-state index in [0.29, 0.717) is 5.75 Å². The van der Waals surface area contributed by atoms with Crippen molar-refractivity contribution in [2.45, 2.75) is 129 Å². The van der Waals surface area contributed by atoms with Crippen molar-refractivity contribution in [3.05, 3.63) is 0 Å². The molecule has 0 aromatic heterocycles. The third kappa shape index (κ3) is 24.7. The van der Waals surface area contributed by atoms with Gasteiger partial charge in [0.2, 0.25) is 0 Å². The van der Waals surface area contributed by atoms with Crippen molar-refractivity contribution in [3.8, 4) is 0 Å². The van der Waals surface area contributed by atoms with Crippen LogP contribution in [0, 0.1) is 0 Å². The van der Waals surface area contributed by atoms with Gasteiger partial charge in [-0.25, -0.2) is 4.57 Å². The molecule has 182 valence electrons. The molecule has 0 spiro atoms. The Morgan fingerprint density at radius 3 is 1.60 bits per heavy atom. The summed E-state index contributed by atoms with van der Waals surface area (Å²) in [7, 11) is -4.43. The molecule has 0 aromatic rings. The molecular formula is C23H49O5PS. The number of phosphoric ester groups is 1. The molecule has 1 atom stereocenters. The summed E-state index contributed by atoms with van der Waals surface area (Å²) in [5.74, 6) is 1.77. The molecule has 0 aliphatic rings. The van der Waals surface area contributed by atoms with E-state index in [2.05, 4.69) is 11.4 Å². The van der Waals surface area contributed by atoms with E-state index in [1.165, 1.54) is 96.3 Å². The van der Waals surface area contributed by atoms with Crippen molar-refractivity contribution in [2.75, 3.05) is 18.1 Å². The maximum atomic E-state index is 10.9. The normalized spacial score (nSPS) is 13.3. The summed E-state index contributed by atoms with van der Waals surface area (Å²) in [6.07, 6.45) is 20.3. The highest BCUT2D eigenvalue weighted by molar-refractivity contribution is 7.99. The maximum absolute atomic E-state index is 10.9. The van der Waals surface area contributed by atoms with Gasteiger partial charge in [0.1, 0.15) is 0 Å². The molecule has 0 rings (SSSR count). The fourth-order valence-electron chi connectivity index (χ4n) is 3.48. The SMILES string of the molecule is CCCCCCCCCCCCCCCCCSCC(COP(=O)(O)O)OC(C)C. The van der Waals surface area contributed by atoms with Gasteiger partial charge in [-0.05, 0) is 26.0 Å². The van der Waals surface area contributed by atoms with Gasteiger partial charge in [0.05, 0.1) is 18.8 Å². The van der Waals surface area contributed by atoms with Crippen molar-refractivity contribution in [3.63, 3.8) is 0 Å². The van der Waals surface area contributed by atoms with Crippen molar-refractivity contribution >= 4 is 19.6 Å². The molecule has 0 heterocycles. The Labute approximate surface area is 190 Å². The van der Waals surface area contributed by atoms with Gasteiger partial charge in [0.15, 0.2) is 0 Å². The van der Waals surface area contributed by atoms with Crippen LogP contribution in [0.3, 0.4) is 0 Å². The molecule has 0 radical (unpaired) electrons. The average Bonchev–Trinajstić information content (AvgIpc) is 2.67. The predicted octanol–water partition coefficient (Wildman–Crippen LogP) is 7.49. The lowest BCUT2D eigenvalue weighted by Crippen LogP contribution is -2.25. The second-order valence-corrected chi connectivity index (χ2v) is 11.0. The molecule has 1 unspecified atom stereocenters. The van der Waals surface area contributed by atoms with E-state index < -0.39 is 7.82 Å². The van der Waals surface area contributed by atoms with E-state index in [9.17, 15) is 4.57 Å². The van der Waals surface area contributed by atoms with E-state index in [4.69, 9.17) is 14.5 Å². The summed E-state index contributed by atoms with van der Waals surface area (Å²) in [4.78, 5) is 17.7. The lowest BCUT2D eigenvalue weighted by atomic mass is 10.0. The zero-order valence-electron chi connectivity index (χ0n) is 19.9. The topological polar surface area (TPSA) is 76.0 Å². The van der Waals surface area contributed by atoms with Crippen LogP contribution in [-0.2, 0) is 13.8 Å². The number of phosphoric acid groups is 1. The summed E-state index contributed by atoms with van der Waals surface area (Å²) in [5, 5.41) is 0. The van der Waals surface area contributed by atoms with Crippen LogP contribution in [0.4, 0.5) is 0 Å². The number of rotatable bonds is 23. The molecule has 0 saturated heterocycles. The number of unbranched alkanes of at least 4 members (excludes halogenated alkanes) is 14. The molecule has 0 fully saturated rings. The fourth-order valence-corrected chi connectivity index (χ4v) is 4.86. The minimum Gasteiger partial charge on any atom is -0.372 e. The third-order valence-corrected chi connectivity index (χ3v) is 6.76. The highest BCUT2D eigenvalue weighted by Gasteiger charge is 2.19. The van der Waals surface area contributed by atoms with Crippen LogP contribution in [0.1, 0.15) is 117 Å². The number of thioether (sulfide) groups is 1. The molecule has 0 aliphatic heterocycles. The van der Waals surface area contributed by atoms with E-state index in [1.54, 1.807) is 11.8 Å². The Bertz CT molecular complexity index is 403. The Hall–Kier alpha value is 0.420. The molecular weight excluding hydrogens is 419 g/mol. The van der Waals surface area contributed by atoms with Gasteiger partial charge in [-0.1, -0.05) is 96.8 Å². The van der Waals surface area contributed by atoms with Gasteiger partial charge in [-0.15, -0.1) is 0 Å². The Balaban J connectivity index is 3.42. The second-order valence-electron chi connectivity index (χ2n) is 8.62. The van der Waals surface area contributed by atoms with Crippen LogP contribution in [0.25, 0.3) is 0 Å². The Kier molecular flexibility index (Phi) is 21.6. The third-order valence-electron chi connectivity index (χ3n) is 5.09. The lowest BCUT2D eigenvalue weighted by Gasteiger charge is -2.20. The fraction of sp³-hybridized carbons (Fsp3) is 1.00. The predicted molar refractivity (Wildman–Crippen MR) is 130 cm³/mol. The standard InChI is InChI=1S/C23H49O5PS/c1-4-5-6-7-8-9-10-11-12-13-14-15-16-17-18-19-30-21-23(28-22(2)3)20-27-29(24,25)26/h22-23H,4-21H2,1-3H3,(H2,24,25,26). The monoisotopic (exact) mass is 468 g/mol. The van der Waals surface area contributed by atoms with Crippen molar-refractivity contribution in [1.82, 2.24) is 0 Å². The Morgan fingerprint density at radius 1 is 0.767 bits per heavy atom. The van der Waals surface area contributed by atoms with Crippen molar-refractivity contribution < 1.29 is 23.6 Å². The first-order valence-corrected chi connectivity index (χ1v) is 15.0. The van der Waals surface area contributed by atoms with Gasteiger partial charge in [-0.3, -0.25) is 4.52 Å². The smallest absolute Gasteiger partial charge is 0.372 e. The van der Waals surface area contributed by atoms with E-state index >= 15 is 0 Å². The van der Waals surface area contributed by atoms with Crippen LogP contribution in [0.2, 0.25) is 0 Å². The first-order valence-electron chi connectivity index (χ1n) is 12.3. The quantitative estimate of drug-likeness (QED) is 0.119. The Morgan fingerprint density at radius 2 is 1.20 bits per heavy atom. The zero-order valence-corrected chi connectivity index (χ0v) is 21.6. The van der Waals surface area contributed by atoms with Crippen LogP contribution in [0.15, 0.2) is 0 Å². The highest BCUT2D eigenvalue weighted by atomic mass is 32.2. The molecule has 0 amide bonds.